The zero-order chi connectivity index (χ0) is 13.9. The van der Waals surface area contributed by atoms with Crippen LogP contribution in [0.2, 0.25) is 0 Å². The van der Waals surface area contributed by atoms with Crippen LogP contribution in [0.5, 0.6) is 0 Å². The molecule has 0 aliphatic heterocycles. The maximum absolute atomic E-state index is 11.9. The van der Waals surface area contributed by atoms with Crippen molar-refractivity contribution in [3.8, 4) is 0 Å². The van der Waals surface area contributed by atoms with Crippen LogP contribution in [0.3, 0.4) is 0 Å². The van der Waals surface area contributed by atoms with Crippen molar-refractivity contribution in [1.82, 2.24) is 9.97 Å². The Balaban J connectivity index is 1.63. The van der Waals surface area contributed by atoms with E-state index in [1.165, 1.54) is 22.3 Å². The molecule has 0 fully saturated rings. The first-order chi connectivity index (χ1) is 9.72. The van der Waals surface area contributed by atoms with E-state index in [0.717, 1.165) is 17.6 Å². The Bertz CT molecular complexity index is 744. The number of amides is 1. The fourth-order valence-electron chi connectivity index (χ4n) is 2.18. The van der Waals surface area contributed by atoms with E-state index in [1.807, 2.05) is 36.7 Å². The van der Waals surface area contributed by atoms with Gasteiger partial charge in [-0.05, 0) is 25.0 Å². The standard InChI is InChI=1S/C15H15N3OS/c1-10-9-20-15(17-10)18-14(19)7-6-11-8-16-13-5-3-2-4-12(11)13/h2-5,8-9,16H,6-7H2,1H3,(H,17,18,19). The van der Waals surface area contributed by atoms with Crippen LogP contribution >= 0.6 is 11.3 Å². The Morgan fingerprint density at radius 1 is 1.40 bits per heavy atom. The maximum Gasteiger partial charge on any atom is 0.226 e. The number of hydrogen-bond acceptors (Lipinski definition) is 3. The molecule has 3 aromatic rings. The highest BCUT2D eigenvalue weighted by Crippen LogP contribution is 2.19. The molecule has 3 rings (SSSR count). The molecule has 0 saturated heterocycles. The lowest BCUT2D eigenvalue weighted by molar-refractivity contribution is -0.116. The van der Waals surface area contributed by atoms with Crippen molar-refractivity contribution in [3.05, 3.63) is 47.1 Å². The van der Waals surface area contributed by atoms with E-state index in [4.69, 9.17) is 0 Å². The molecule has 20 heavy (non-hydrogen) atoms. The Labute approximate surface area is 120 Å². The van der Waals surface area contributed by atoms with Gasteiger partial charge in [0.15, 0.2) is 5.13 Å². The van der Waals surface area contributed by atoms with Gasteiger partial charge in [-0.3, -0.25) is 4.79 Å². The van der Waals surface area contributed by atoms with Crippen molar-refractivity contribution in [1.29, 1.82) is 0 Å². The van der Waals surface area contributed by atoms with Crippen molar-refractivity contribution < 1.29 is 4.79 Å². The summed E-state index contributed by atoms with van der Waals surface area (Å²) in [6, 6.07) is 8.12. The van der Waals surface area contributed by atoms with E-state index in [2.05, 4.69) is 21.4 Å². The van der Waals surface area contributed by atoms with Crippen LogP contribution in [0.4, 0.5) is 5.13 Å². The van der Waals surface area contributed by atoms with Gasteiger partial charge in [0.25, 0.3) is 0 Å². The van der Waals surface area contributed by atoms with Crippen LogP contribution in [0.1, 0.15) is 17.7 Å². The summed E-state index contributed by atoms with van der Waals surface area (Å²) in [5.41, 5.74) is 3.21. The van der Waals surface area contributed by atoms with E-state index in [-0.39, 0.29) is 5.91 Å². The SMILES string of the molecule is Cc1csc(NC(=O)CCc2c[nH]c3ccccc23)n1. The number of aromatic nitrogens is 2. The number of aryl methyl sites for hydroxylation is 2. The summed E-state index contributed by atoms with van der Waals surface area (Å²) in [5, 5.41) is 6.62. The van der Waals surface area contributed by atoms with Gasteiger partial charge >= 0.3 is 0 Å². The predicted molar refractivity (Wildman–Crippen MR) is 82.1 cm³/mol. The number of nitrogens with zero attached hydrogens (tertiary/aromatic N) is 1. The molecule has 0 spiro atoms. The van der Waals surface area contributed by atoms with Gasteiger partial charge in [0.2, 0.25) is 5.91 Å². The number of anilines is 1. The van der Waals surface area contributed by atoms with Crippen molar-refractivity contribution in [3.63, 3.8) is 0 Å². The van der Waals surface area contributed by atoms with Gasteiger partial charge < -0.3 is 10.3 Å². The zero-order valence-electron chi connectivity index (χ0n) is 11.1. The molecule has 0 aliphatic rings. The molecular weight excluding hydrogens is 270 g/mol. The minimum atomic E-state index is 0.00429. The second-order valence-corrected chi connectivity index (χ2v) is 5.56. The highest BCUT2D eigenvalue weighted by molar-refractivity contribution is 7.13. The van der Waals surface area contributed by atoms with Crippen LogP contribution < -0.4 is 5.32 Å². The highest BCUT2D eigenvalue weighted by atomic mass is 32.1. The van der Waals surface area contributed by atoms with Crippen molar-refractivity contribution in [2.24, 2.45) is 0 Å². The summed E-state index contributed by atoms with van der Waals surface area (Å²) in [5.74, 6) is 0.00429. The Kier molecular flexibility index (Phi) is 3.52. The van der Waals surface area contributed by atoms with Crippen LogP contribution in [0.25, 0.3) is 10.9 Å². The molecule has 1 aromatic carbocycles. The Morgan fingerprint density at radius 3 is 3.05 bits per heavy atom. The van der Waals surface area contributed by atoms with E-state index in [9.17, 15) is 4.79 Å². The summed E-state index contributed by atoms with van der Waals surface area (Å²) >= 11 is 1.45. The average molecular weight is 285 g/mol. The molecule has 102 valence electrons. The van der Waals surface area contributed by atoms with Gasteiger partial charge in [-0.2, -0.15) is 0 Å². The van der Waals surface area contributed by atoms with E-state index in [1.54, 1.807) is 0 Å². The lowest BCUT2D eigenvalue weighted by atomic mass is 10.1. The van der Waals surface area contributed by atoms with Crippen molar-refractivity contribution in [2.45, 2.75) is 19.8 Å². The van der Waals surface area contributed by atoms with Gasteiger partial charge in [-0.25, -0.2) is 4.98 Å². The number of benzene rings is 1. The van der Waals surface area contributed by atoms with E-state index < -0.39 is 0 Å². The molecule has 0 saturated carbocycles. The molecule has 2 N–H and O–H groups in total. The minimum absolute atomic E-state index is 0.00429. The lowest BCUT2D eigenvalue weighted by Gasteiger charge is -2.01. The van der Waals surface area contributed by atoms with Crippen LogP contribution in [0.15, 0.2) is 35.8 Å². The average Bonchev–Trinajstić information content (AvgIpc) is 3.03. The molecule has 0 unspecified atom stereocenters. The second-order valence-electron chi connectivity index (χ2n) is 4.70. The van der Waals surface area contributed by atoms with Gasteiger partial charge in [-0.15, -0.1) is 11.3 Å². The third-order valence-corrected chi connectivity index (χ3v) is 4.04. The summed E-state index contributed by atoms with van der Waals surface area (Å²) in [7, 11) is 0. The molecular formula is C15H15N3OS. The summed E-state index contributed by atoms with van der Waals surface area (Å²) < 4.78 is 0. The van der Waals surface area contributed by atoms with Crippen LogP contribution in [0, 0.1) is 6.92 Å². The zero-order valence-corrected chi connectivity index (χ0v) is 12.0. The first kappa shape index (κ1) is 12.9. The monoisotopic (exact) mass is 285 g/mol. The number of H-pyrrole nitrogens is 1. The van der Waals surface area contributed by atoms with Crippen LogP contribution in [-0.2, 0) is 11.2 Å². The number of nitrogens with one attached hydrogen (secondary N) is 2. The summed E-state index contributed by atoms with van der Waals surface area (Å²) in [4.78, 5) is 19.3. The van der Waals surface area contributed by atoms with Crippen LogP contribution in [-0.4, -0.2) is 15.9 Å². The van der Waals surface area contributed by atoms with Crippen molar-refractivity contribution in [2.75, 3.05) is 5.32 Å². The quantitative estimate of drug-likeness (QED) is 0.770. The molecule has 0 atom stereocenters. The predicted octanol–water partition coefficient (Wildman–Crippen LogP) is 3.50. The molecule has 4 nitrogen and oxygen atoms in total. The number of rotatable bonds is 4. The molecule has 1 amide bonds. The van der Waals surface area contributed by atoms with Gasteiger partial charge in [0, 0.05) is 28.9 Å². The molecule has 2 aromatic heterocycles. The number of fused-ring (bicyclic) bond motifs is 1. The molecule has 5 heteroatoms. The smallest absolute Gasteiger partial charge is 0.226 e. The second kappa shape index (κ2) is 5.46. The Hall–Kier alpha value is -2.14. The molecule has 0 bridgehead atoms. The third kappa shape index (κ3) is 2.72. The van der Waals surface area contributed by atoms with Gasteiger partial charge in [0.1, 0.15) is 0 Å². The van der Waals surface area contributed by atoms with E-state index in [0.29, 0.717) is 11.6 Å². The number of carbonyl (C=O) groups is 1. The minimum Gasteiger partial charge on any atom is -0.361 e. The van der Waals surface area contributed by atoms with Gasteiger partial charge in [0.05, 0.1) is 5.69 Å². The molecule has 2 heterocycles. The Morgan fingerprint density at radius 2 is 2.25 bits per heavy atom. The maximum atomic E-state index is 11.9. The van der Waals surface area contributed by atoms with Gasteiger partial charge in [-0.1, -0.05) is 18.2 Å². The van der Waals surface area contributed by atoms with E-state index >= 15 is 0 Å². The number of aromatic amines is 1. The molecule has 0 aliphatic carbocycles. The van der Waals surface area contributed by atoms with Crippen molar-refractivity contribution >= 4 is 33.3 Å². The number of thiazole rings is 1. The molecule has 0 radical (unpaired) electrons. The summed E-state index contributed by atoms with van der Waals surface area (Å²) in [6.45, 7) is 1.91. The number of carbonyl (C=O) groups excluding carboxylic acids is 1. The fraction of sp³-hybridized carbons (Fsp3) is 0.200. The largest absolute Gasteiger partial charge is 0.361 e. The summed E-state index contributed by atoms with van der Waals surface area (Å²) in [6.07, 6.45) is 3.16. The highest BCUT2D eigenvalue weighted by Gasteiger charge is 2.08. The fourth-order valence-corrected chi connectivity index (χ4v) is 2.88. The number of para-hydroxylation sites is 1. The third-order valence-electron chi connectivity index (χ3n) is 3.16. The lowest BCUT2D eigenvalue weighted by Crippen LogP contribution is -2.12. The topological polar surface area (TPSA) is 57.8 Å². The first-order valence-corrected chi connectivity index (χ1v) is 7.37. The first-order valence-electron chi connectivity index (χ1n) is 6.49. The number of hydrogen-bond donors (Lipinski definition) is 2. The normalized spacial score (nSPS) is 10.8.